The lowest BCUT2D eigenvalue weighted by Crippen LogP contribution is -2.46. The Bertz CT molecular complexity index is 1570. The molecule has 0 fully saturated rings. The molecule has 2 N–H and O–H groups in total. The summed E-state index contributed by atoms with van der Waals surface area (Å²) in [5.41, 5.74) is 7.22. The Balaban J connectivity index is 1.86. The van der Waals surface area contributed by atoms with Crippen LogP contribution in [0.5, 0.6) is 0 Å². The summed E-state index contributed by atoms with van der Waals surface area (Å²) in [6.07, 6.45) is 0.0410. The Labute approximate surface area is 229 Å². The van der Waals surface area contributed by atoms with Crippen molar-refractivity contribution >= 4 is 23.4 Å². The van der Waals surface area contributed by atoms with Gasteiger partial charge in [-0.2, -0.15) is 0 Å². The van der Waals surface area contributed by atoms with Crippen molar-refractivity contribution in [2.45, 2.75) is 18.3 Å². The molecular weight excluding hydrogens is 518 g/mol. The largest absolute Gasteiger partial charge is 0.468 e. The molecule has 0 radical (unpaired) electrons. The number of carbonyl (C=O) groups is 3. The first-order valence-electron chi connectivity index (χ1n) is 12.6. The minimum Gasteiger partial charge on any atom is -0.468 e. The third-order valence-electron chi connectivity index (χ3n) is 7.44. The van der Waals surface area contributed by atoms with Crippen molar-refractivity contribution < 1.29 is 32.6 Å². The van der Waals surface area contributed by atoms with Gasteiger partial charge in [0.25, 0.3) is 0 Å². The van der Waals surface area contributed by atoms with Crippen molar-refractivity contribution in [2.24, 2.45) is 11.7 Å². The number of esters is 2. The second-order valence-electron chi connectivity index (χ2n) is 9.48. The van der Waals surface area contributed by atoms with E-state index in [1.807, 2.05) is 0 Å². The highest BCUT2D eigenvalue weighted by molar-refractivity contribution is 6.14. The number of allylic oxidation sites excluding steroid dienone is 2. The van der Waals surface area contributed by atoms with Crippen LogP contribution in [0.1, 0.15) is 29.4 Å². The van der Waals surface area contributed by atoms with Crippen LogP contribution in [0, 0.1) is 17.6 Å². The highest BCUT2D eigenvalue weighted by atomic mass is 19.1. The van der Waals surface area contributed by atoms with E-state index in [4.69, 9.17) is 15.2 Å². The van der Waals surface area contributed by atoms with E-state index in [-0.39, 0.29) is 40.3 Å². The first-order chi connectivity index (χ1) is 19.3. The molecule has 3 atom stereocenters. The van der Waals surface area contributed by atoms with Crippen molar-refractivity contribution in [1.82, 2.24) is 0 Å². The summed E-state index contributed by atoms with van der Waals surface area (Å²) in [5.74, 6) is -7.27. The van der Waals surface area contributed by atoms with E-state index in [9.17, 15) is 14.4 Å². The summed E-state index contributed by atoms with van der Waals surface area (Å²) in [5, 5.41) is 0. The molecule has 3 aromatic rings. The molecular formula is C31H26F2N2O5. The van der Waals surface area contributed by atoms with Crippen LogP contribution in [0.25, 0.3) is 0 Å². The van der Waals surface area contributed by atoms with Crippen LogP contribution in [0.3, 0.4) is 0 Å². The Hall–Kier alpha value is -4.79. The van der Waals surface area contributed by atoms with Gasteiger partial charge in [-0.25, -0.2) is 13.6 Å². The number of para-hydroxylation sites is 1. The molecule has 9 heteroatoms. The number of methoxy groups -OCH3 is 2. The first kappa shape index (κ1) is 26.8. The quantitative estimate of drug-likeness (QED) is 0.367. The van der Waals surface area contributed by atoms with Crippen molar-refractivity contribution in [3.63, 3.8) is 0 Å². The van der Waals surface area contributed by atoms with Crippen molar-refractivity contribution in [2.75, 3.05) is 19.1 Å². The number of hydrogen-bond acceptors (Lipinski definition) is 7. The number of nitrogens with zero attached hydrogens (tertiary/aromatic N) is 1. The second kappa shape index (κ2) is 10.8. The van der Waals surface area contributed by atoms with Crippen LogP contribution < -0.4 is 10.6 Å². The summed E-state index contributed by atoms with van der Waals surface area (Å²) in [7, 11) is 2.31. The fraction of sp³-hybridized carbons (Fsp3) is 0.194. The lowest BCUT2D eigenvalue weighted by atomic mass is 9.67. The van der Waals surface area contributed by atoms with E-state index in [0.717, 1.165) is 7.11 Å². The molecule has 1 heterocycles. The Morgan fingerprint density at radius 3 is 2.12 bits per heavy atom. The standard InChI is InChI=1S/C31H26F2N2O5/c1-39-30(37)25-19(17-10-4-3-5-11-17)16-23-26(28(25)36)24(18-12-6-7-13-20(18)32)27(31(38)40-2)29(34)35(23)22-15-9-8-14-21(22)33/h3-15,19,24-25H,16,34H2,1-2H3/t19-,24-,25+/m0/s1. The van der Waals surface area contributed by atoms with E-state index < -0.39 is 47.1 Å². The molecule has 0 aromatic heterocycles. The van der Waals surface area contributed by atoms with Gasteiger partial charge in [-0.15, -0.1) is 0 Å². The topological polar surface area (TPSA) is 98.9 Å². The maximum absolute atomic E-state index is 15.4. The molecule has 5 rings (SSSR count). The zero-order valence-electron chi connectivity index (χ0n) is 21.8. The highest BCUT2D eigenvalue weighted by Gasteiger charge is 2.51. The van der Waals surface area contributed by atoms with Gasteiger partial charge in [0.1, 0.15) is 23.4 Å². The third-order valence-corrected chi connectivity index (χ3v) is 7.44. The number of ether oxygens (including phenoxy) is 2. The smallest absolute Gasteiger partial charge is 0.338 e. The predicted molar refractivity (Wildman–Crippen MR) is 143 cm³/mol. The number of anilines is 1. The maximum Gasteiger partial charge on any atom is 0.338 e. The van der Waals surface area contributed by atoms with Crippen LogP contribution in [-0.2, 0) is 23.9 Å². The molecule has 0 unspecified atom stereocenters. The second-order valence-corrected chi connectivity index (χ2v) is 9.48. The Morgan fingerprint density at radius 1 is 0.875 bits per heavy atom. The average Bonchev–Trinajstić information content (AvgIpc) is 2.97. The maximum atomic E-state index is 15.4. The van der Waals surface area contributed by atoms with Gasteiger partial charge in [-0.3, -0.25) is 14.5 Å². The number of hydrogen-bond donors (Lipinski definition) is 1. The summed E-state index contributed by atoms with van der Waals surface area (Å²) < 4.78 is 40.7. The monoisotopic (exact) mass is 544 g/mol. The molecule has 1 aliphatic carbocycles. The van der Waals surface area contributed by atoms with E-state index in [0.29, 0.717) is 5.56 Å². The highest BCUT2D eigenvalue weighted by Crippen LogP contribution is 2.52. The predicted octanol–water partition coefficient (Wildman–Crippen LogP) is 4.71. The van der Waals surface area contributed by atoms with Crippen molar-refractivity contribution in [3.05, 3.63) is 124 Å². The summed E-state index contributed by atoms with van der Waals surface area (Å²) in [6, 6.07) is 20.3. The number of rotatable bonds is 5. The Kier molecular flexibility index (Phi) is 7.21. The minimum absolute atomic E-state index is 0.0124. The molecule has 0 amide bonds. The fourth-order valence-electron chi connectivity index (χ4n) is 5.68. The average molecular weight is 545 g/mol. The van der Waals surface area contributed by atoms with Gasteiger partial charge in [0.2, 0.25) is 0 Å². The molecule has 2 aliphatic rings. The van der Waals surface area contributed by atoms with Crippen molar-refractivity contribution in [1.29, 1.82) is 0 Å². The van der Waals surface area contributed by atoms with Gasteiger partial charge in [-0.1, -0.05) is 60.7 Å². The number of Topliss-reactive ketones (excluding diaryl/α,β-unsaturated/α-hetero) is 1. The number of benzene rings is 3. The molecule has 204 valence electrons. The summed E-state index contributed by atoms with van der Waals surface area (Å²) >= 11 is 0. The fourth-order valence-corrected chi connectivity index (χ4v) is 5.68. The van der Waals surface area contributed by atoms with Crippen LogP contribution in [0.2, 0.25) is 0 Å². The third kappa shape index (κ3) is 4.33. The molecule has 3 aromatic carbocycles. The zero-order valence-corrected chi connectivity index (χ0v) is 21.8. The number of halogens is 2. The van der Waals surface area contributed by atoms with E-state index >= 15 is 8.78 Å². The molecule has 0 saturated carbocycles. The zero-order chi connectivity index (χ0) is 28.6. The van der Waals surface area contributed by atoms with Gasteiger partial charge < -0.3 is 15.2 Å². The van der Waals surface area contributed by atoms with Gasteiger partial charge in [0, 0.05) is 22.8 Å². The van der Waals surface area contributed by atoms with E-state index in [1.165, 1.54) is 48.4 Å². The number of ketones is 1. The number of nitrogens with two attached hydrogens (primary N) is 1. The lowest BCUT2D eigenvalue weighted by Gasteiger charge is -2.44. The SMILES string of the molecule is COC(=O)C1=C(N)N(c2ccccc2F)C2=C(C(=O)[C@H](C(=O)OC)[C@H](c3ccccc3)C2)[C@@H]1c1ccccc1F. The van der Waals surface area contributed by atoms with Crippen molar-refractivity contribution in [3.8, 4) is 0 Å². The summed E-state index contributed by atoms with van der Waals surface area (Å²) in [4.78, 5) is 42.1. The van der Waals surface area contributed by atoms with Crippen LogP contribution in [-0.4, -0.2) is 31.9 Å². The van der Waals surface area contributed by atoms with Crippen LogP contribution in [0.4, 0.5) is 14.5 Å². The Morgan fingerprint density at radius 2 is 1.50 bits per heavy atom. The first-order valence-corrected chi connectivity index (χ1v) is 12.6. The van der Waals surface area contributed by atoms with Gasteiger partial charge in [0.15, 0.2) is 5.78 Å². The molecule has 40 heavy (non-hydrogen) atoms. The van der Waals surface area contributed by atoms with Gasteiger partial charge >= 0.3 is 11.9 Å². The normalized spacial score (nSPS) is 20.8. The van der Waals surface area contributed by atoms with E-state index in [1.54, 1.807) is 42.5 Å². The molecule has 1 aliphatic heterocycles. The van der Waals surface area contributed by atoms with Crippen LogP contribution in [0.15, 0.2) is 102 Å². The van der Waals surface area contributed by atoms with Gasteiger partial charge in [-0.05, 0) is 30.2 Å². The van der Waals surface area contributed by atoms with E-state index in [2.05, 4.69) is 0 Å². The molecule has 0 spiro atoms. The number of carbonyl (C=O) groups excluding carboxylic acids is 3. The van der Waals surface area contributed by atoms with Gasteiger partial charge in [0.05, 0.1) is 31.4 Å². The summed E-state index contributed by atoms with van der Waals surface area (Å²) in [6.45, 7) is 0. The molecule has 0 bridgehead atoms. The molecule has 0 saturated heterocycles. The minimum atomic E-state index is -1.32. The lowest BCUT2D eigenvalue weighted by molar-refractivity contribution is -0.150. The molecule has 7 nitrogen and oxygen atoms in total. The van der Waals surface area contributed by atoms with Crippen LogP contribution >= 0.6 is 0 Å².